The lowest BCUT2D eigenvalue weighted by Crippen LogP contribution is -2.31. The molecule has 6 nitrogen and oxygen atoms in total. The number of alkyl halides is 3. The zero-order chi connectivity index (χ0) is 17.7. The van der Waals surface area contributed by atoms with Crippen LogP contribution >= 0.6 is 0 Å². The molecular formula is C15H18F3N5O. The molecular weight excluding hydrogens is 323 g/mol. The number of guanidine groups is 1. The minimum absolute atomic E-state index is 0.241. The van der Waals surface area contributed by atoms with Crippen LogP contribution in [0.1, 0.15) is 22.5 Å². The van der Waals surface area contributed by atoms with Crippen LogP contribution in [-0.4, -0.2) is 22.5 Å². The quantitative estimate of drug-likeness (QED) is 0.576. The summed E-state index contributed by atoms with van der Waals surface area (Å²) in [7, 11) is 0. The summed E-state index contributed by atoms with van der Waals surface area (Å²) in [6, 6.07) is 5.48. The average molecular weight is 341 g/mol. The topological polar surface area (TPSA) is 88.3 Å². The molecule has 0 unspecified atom stereocenters. The Morgan fingerprint density at radius 1 is 1.29 bits per heavy atom. The third-order valence-corrected chi connectivity index (χ3v) is 3.32. The highest BCUT2D eigenvalue weighted by atomic mass is 19.4. The number of aromatic amines is 1. The van der Waals surface area contributed by atoms with Crippen molar-refractivity contribution < 1.29 is 17.9 Å². The van der Waals surface area contributed by atoms with E-state index in [1.807, 2.05) is 13.8 Å². The van der Waals surface area contributed by atoms with E-state index in [9.17, 15) is 13.2 Å². The van der Waals surface area contributed by atoms with Crippen molar-refractivity contribution in [3.63, 3.8) is 0 Å². The minimum atomic E-state index is -4.70. The molecule has 0 amide bonds. The van der Waals surface area contributed by atoms with Crippen LogP contribution in [-0.2, 0) is 13.1 Å². The summed E-state index contributed by atoms with van der Waals surface area (Å²) < 4.78 is 40.0. The first kappa shape index (κ1) is 17.6. The second kappa shape index (κ2) is 7.24. The Balaban J connectivity index is 1.88. The van der Waals surface area contributed by atoms with Gasteiger partial charge in [0.15, 0.2) is 5.96 Å². The molecule has 0 spiro atoms. The van der Waals surface area contributed by atoms with Gasteiger partial charge in [-0.1, -0.05) is 12.1 Å². The molecule has 2 rings (SSSR count). The smallest absolute Gasteiger partial charge is 0.406 e. The maximum atomic E-state index is 12.1. The lowest BCUT2D eigenvalue weighted by molar-refractivity contribution is -0.274. The van der Waals surface area contributed by atoms with Crippen LogP contribution in [0.25, 0.3) is 0 Å². The summed E-state index contributed by atoms with van der Waals surface area (Å²) in [6.07, 6.45) is -4.70. The van der Waals surface area contributed by atoms with E-state index in [4.69, 9.17) is 5.73 Å². The van der Waals surface area contributed by atoms with Crippen molar-refractivity contribution >= 4 is 5.96 Å². The fourth-order valence-electron chi connectivity index (χ4n) is 2.04. The number of nitrogens with two attached hydrogens (primary N) is 1. The number of benzene rings is 1. The largest absolute Gasteiger partial charge is 0.573 e. The number of aryl methyl sites for hydroxylation is 2. The van der Waals surface area contributed by atoms with E-state index in [1.54, 1.807) is 0 Å². The molecule has 0 saturated heterocycles. The van der Waals surface area contributed by atoms with E-state index >= 15 is 0 Å². The standard InChI is InChI=1S/C15H18F3N5O/c1-9-13(10(2)23-22-9)8-21-14(19)20-7-11-3-5-12(6-4-11)24-15(16,17)18/h3-6H,7-8H2,1-2H3,(H,22,23)(H3,19,20,21). The van der Waals surface area contributed by atoms with Gasteiger partial charge < -0.3 is 15.8 Å². The first-order valence-corrected chi connectivity index (χ1v) is 7.13. The Bertz CT molecular complexity index is 687. The van der Waals surface area contributed by atoms with E-state index in [0.29, 0.717) is 12.1 Å². The lowest BCUT2D eigenvalue weighted by atomic mass is 10.2. The molecule has 0 aliphatic heterocycles. The number of ether oxygens (including phenoxy) is 1. The van der Waals surface area contributed by atoms with Gasteiger partial charge in [-0.2, -0.15) is 5.10 Å². The number of nitrogens with one attached hydrogen (secondary N) is 2. The van der Waals surface area contributed by atoms with Crippen molar-refractivity contribution in [1.29, 1.82) is 0 Å². The molecule has 9 heteroatoms. The van der Waals surface area contributed by atoms with Crippen LogP contribution in [0.15, 0.2) is 29.3 Å². The van der Waals surface area contributed by atoms with Gasteiger partial charge in [-0.15, -0.1) is 13.2 Å². The van der Waals surface area contributed by atoms with Crippen LogP contribution in [0.2, 0.25) is 0 Å². The lowest BCUT2D eigenvalue weighted by Gasteiger charge is -2.09. The predicted molar refractivity (Wildman–Crippen MR) is 83.4 cm³/mol. The third-order valence-electron chi connectivity index (χ3n) is 3.32. The molecule has 0 aliphatic rings. The monoisotopic (exact) mass is 341 g/mol. The Kier molecular flexibility index (Phi) is 5.32. The second-order valence-electron chi connectivity index (χ2n) is 5.16. The highest BCUT2D eigenvalue weighted by Crippen LogP contribution is 2.22. The number of nitrogens with zero attached hydrogens (tertiary/aromatic N) is 2. The number of hydrogen-bond acceptors (Lipinski definition) is 3. The third kappa shape index (κ3) is 5.18. The number of hydrogen-bond donors (Lipinski definition) is 3. The molecule has 1 aromatic carbocycles. The molecule has 0 saturated carbocycles. The first-order chi connectivity index (χ1) is 11.2. The summed E-state index contributed by atoms with van der Waals surface area (Å²) in [5.41, 5.74) is 9.35. The van der Waals surface area contributed by atoms with Gasteiger partial charge in [0.25, 0.3) is 0 Å². The summed E-state index contributed by atoms with van der Waals surface area (Å²) in [6.45, 7) is 4.53. The molecule has 0 radical (unpaired) electrons. The van der Waals surface area contributed by atoms with Gasteiger partial charge in [0.05, 0.1) is 12.2 Å². The van der Waals surface area contributed by atoms with Gasteiger partial charge in [-0.3, -0.25) is 5.10 Å². The van der Waals surface area contributed by atoms with E-state index in [1.165, 1.54) is 24.3 Å². The SMILES string of the molecule is Cc1n[nH]c(C)c1CNC(N)=NCc1ccc(OC(F)(F)F)cc1. The van der Waals surface area contributed by atoms with Crippen molar-refractivity contribution in [2.24, 2.45) is 10.7 Å². The summed E-state index contributed by atoms with van der Waals surface area (Å²) in [5, 5.41) is 9.93. The molecule has 0 atom stereocenters. The molecule has 1 aromatic heterocycles. The Morgan fingerprint density at radius 3 is 2.50 bits per heavy atom. The number of H-pyrrole nitrogens is 1. The van der Waals surface area contributed by atoms with Crippen LogP contribution in [0, 0.1) is 13.8 Å². The highest BCUT2D eigenvalue weighted by Gasteiger charge is 2.30. The normalized spacial score (nSPS) is 12.3. The maximum Gasteiger partial charge on any atom is 0.573 e. The van der Waals surface area contributed by atoms with Gasteiger partial charge >= 0.3 is 6.36 Å². The summed E-state index contributed by atoms with van der Waals surface area (Å²) in [4.78, 5) is 4.15. The van der Waals surface area contributed by atoms with E-state index < -0.39 is 6.36 Å². The molecule has 0 aliphatic carbocycles. The van der Waals surface area contributed by atoms with Crippen molar-refractivity contribution in [1.82, 2.24) is 15.5 Å². The van der Waals surface area contributed by atoms with Crippen LogP contribution in [0.3, 0.4) is 0 Å². The molecule has 0 bridgehead atoms. The van der Waals surface area contributed by atoms with Crippen molar-refractivity contribution in [3.05, 3.63) is 46.8 Å². The van der Waals surface area contributed by atoms with Crippen molar-refractivity contribution in [2.75, 3.05) is 0 Å². The molecule has 1 heterocycles. The highest BCUT2D eigenvalue weighted by molar-refractivity contribution is 5.77. The number of aromatic nitrogens is 2. The van der Waals surface area contributed by atoms with Crippen molar-refractivity contribution in [2.45, 2.75) is 33.3 Å². The molecule has 130 valence electrons. The predicted octanol–water partition coefficient (Wildman–Crippen LogP) is 2.53. The first-order valence-electron chi connectivity index (χ1n) is 7.13. The second-order valence-corrected chi connectivity index (χ2v) is 5.16. The maximum absolute atomic E-state index is 12.1. The molecule has 24 heavy (non-hydrogen) atoms. The zero-order valence-electron chi connectivity index (χ0n) is 13.2. The Labute approximate surface area is 136 Å². The fourth-order valence-corrected chi connectivity index (χ4v) is 2.04. The Morgan fingerprint density at radius 2 is 1.96 bits per heavy atom. The molecule has 2 aromatic rings. The van der Waals surface area contributed by atoms with E-state index in [-0.39, 0.29) is 18.3 Å². The summed E-state index contributed by atoms with van der Waals surface area (Å²) >= 11 is 0. The summed E-state index contributed by atoms with van der Waals surface area (Å²) in [5.74, 6) is -0.0298. The molecule has 4 N–H and O–H groups in total. The van der Waals surface area contributed by atoms with Crippen LogP contribution in [0.5, 0.6) is 5.75 Å². The van der Waals surface area contributed by atoms with E-state index in [2.05, 4.69) is 25.2 Å². The average Bonchev–Trinajstić information content (AvgIpc) is 2.82. The van der Waals surface area contributed by atoms with E-state index in [0.717, 1.165) is 17.0 Å². The van der Waals surface area contributed by atoms with Crippen LogP contribution in [0.4, 0.5) is 13.2 Å². The van der Waals surface area contributed by atoms with Gasteiger partial charge in [0.2, 0.25) is 0 Å². The number of halogens is 3. The fraction of sp³-hybridized carbons (Fsp3) is 0.333. The van der Waals surface area contributed by atoms with Gasteiger partial charge in [-0.25, -0.2) is 4.99 Å². The van der Waals surface area contributed by atoms with Crippen molar-refractivity contribution in [3.8, 4) is 5.75 Å². The van der Waals surface area contributed by atoms with Gasteiger partial charge in [0.1, 0.15) is 5.75 Å². The Hall–Kier alpha value is -2.71. The van der Waals surface area contributed by atoms with Crippen LogP contribution < -0.4 is 15.8 Å². The minimum Gasteiger partial charge on any atom is -0.406 e. The zero-order valence-corrected chi connectivity index (χ0v) is 13.2. The van der Waals surface area contributed by atoms with Gasteiger partial charge in [0, 0.05) is 17.8 Å². The van der Waals surface area contributed by atoms with Gasteiger partial charge in [-0.05, 0) is 31.5 Å². The molecule has 0 fully saturated rings. The number of rotatable bonds is 5. The number of aliphatic imine (C=N–C) groups is 1.